The molecule has 12 nitrogen and oxygen atoms in total. The number of hydrogen-bond acceptors (Lipinski definition) is 8. The Morgan fingerprint density at radius 3 is 1.83 bits per heavy atom. The van der Waals surface area contributed by atoms with Gasteiger partial charge in [0.05, 0.1) is 25.7 Å². The van der Waals surface area contributed by atoms with E-state index >= 15 is 0 Å². The quantitative estimate of drug-likeness (QED) is 0.225. The number of rotatable bonds is 12. The lowest BCUT2D eigenvalue weighted by molar-refractivity contribution is -0.136. The van der Waals surface area contributed by atoms with Gasteiger partial charge in [0, 0.05) is 13.8 Å². The molecule has 168 valence electrons. The first-order chi connectivity index (χ1) is 13.1. The van der Waals surface area contributed by atoms with Gasteiger partial charge in [-0.1, -0.05) is 14.4 Å². The Balaban J connectivity index is -0.000000451. The Bertz CT molecular complexity index is 528. The maximum Gasteiger partial charge on any atom is 0.293 e. The lowest BCUT2D eigenvalue weighted by Crippen LogP contribution is -2.39. The lowest BCUT2D eigenvalue weighted by atomic mass is 10.2. The molecule has 2 unspecified atom stereocenters. The fraction of sp³-hybridized carbons (Fsp3) is 0.647. The van der Waals surface area contributed by atoms with Gasteiger partial charge in [-0.2, -0.15) is 0 Å². The minimum absolute atomic E-state index is 0. The smallest absolute Gasteiger partial charge is 0.293 e. The highest BCUT2D eigenvalue weighted by molar-refractivity contribution is 5.79. The van der Waals surface area contributed by atoms with Gasteiger partial charge in [0.25, 0.3) is 12.9 Å². The van der Waals surface area contributed by atoms with E-state index in [-0.39, 0.29) is 63.9 Å². The number of carbonyl (C=O) groups is 6. The van der Waals surface area contributed by atoms with Crippen molar-refractivity contribution in [2.75, 3.05) is 19.9 Å². The highest BCUT2D eigenvalue weighted by Crippen LogP contribution is 1.94. The predicted molar refractivity (Wildman–Crippen MR) is 103 cm³/mol. The average molecular weight is 420 g/mol. The minimum Gasteiger partial charge on any atom is -0.467 e. The zero-order valence-electron chi connectivity index (χ0n) is 16.4. The Morgan fingerprint density at radius 1 is 0.862 bits per heavy atom. The molecule has 0 heterocycles. The van der Waals surface area contributed by atoms with Crippen LogP contribution in [-0.2, 0) is 38.2 Å². The molecule has 0 aromatic carbocycles. The third-order valence-corrected chi connectivity index (χ3v) is 2.85. The molecule has 4 amide bonds. The Morgan fingerprint density at radius 2 is 1.38 bits per heavy atom. The maximum atomic E-state index is 11.2. The zero-order chi connectivity index (χ0) is 21.9. The number of hydrogen-bond donors (Lipinski definition) is 4. The van der Waals surface area contributed by atoms with Gasteiger partial charge < -0.3 is 30.7 Å². The van der Waals surface area contributed by atoms with Gasteiger partial charge in [0.2, 0.25) is 23.6 Å². The largest absolute Gasteiger partial charge is 0.467 e. The van der Waals surface area contributed by atoms with Crippen molar-refractivity contribution >= 4 is 36.6 Å². The van der Waals surface area contributed by atoms with Crippen LogP contribution in [0.4, 0.5) is 0 Å². The minimum atomic E-state index is -0.454. The molecule has 0 fully saturated rings. The second-order valence-corrected chi connectivity index (χ2v) is 5.54. The SMILES string of the molecule is C.CC(=O)NCNC(=O)C(C)COC=O.CC(=O)NCNC(=O)CC(C)OC=O. The van der Waals surface area contributed by atoms with Crippen LogP contribution in [0.25, 0.3) is 0 Å². The summed E-state index contributed by atoms with van der Waals surface area (Å²) < 4.78 is 8.93. The van der Waals surface area contributed by atoms with Crippen molar-refractivity contribution in [3.8, 4) is 0 Å². The molecular weight excluding hydrogens is 388 g/mol. The highest BCUT2D eigenvalue weighted by atomic mass is 16.5. The fourth-order valence-corrected chi connectivity index (χ4v) is 1.43. The van der Waals surface area contributed by atoms with Gasteiger partial charge in [0.1, 0.15) is 12.7 Å². The molecule has 0 radical (unpaired) electrons. The molecule has 0 aliphatic rings. The molecule has 29 heavy (non-hydrogen) atoms. The van der Waals surface area contributed by atoms with E-state index in [9.17, 15) is 28.8 Å². The molecule has 0 aliphatic carbocycles. The van der Waals surface area contributed by atoms with E-state index in [0.29, 0.717) is 6.47 Å². The average Bonchev–Trinajstić information content (AvgIpc) is 2.59. The van der Waals surface area contributed by atoms with Crippen molar-refractivity contribution < 1.29 is 38.2 Å². The van der Waals surface area contributed by atoms with Crippen LogP contribution in [0.5, 0.6) is 0 Å². The van der Waals surface area contributed by atoms with Crippen molar-refractivity contribution in [2.24, 2.45) is 5.92 Å². The van der Waals surface area contributed by atoms with Gasteiger partial charge >= 0.3 is 0 Å². The normalized spacial score (nSPS) is 10.9. The van der Waals surface area contributed by atoms with Crippen LogP contribution in [0, 0.1) is 5.92 Å². The van der Waals surface area contributed by atoms with Crippen molar-refractivity contribution in [2.45, 2.75) is 47.6 Å². The molecule has 0 rings (SSSR count). The van der Waals surface area contributed by atoms with E-state index in [0.717, 1.165) is 0 Å². The summed E-state index contributed by atoms with van der Waals surface area (Å²) in [6, 6.07) is 0. The second kappa shape index (κ2) is 19.6. The molecule has 0 aromatic heterocycles. The van der Waals surface area contributed by atoms with E-state index in [1.54, 1.807) is 13.8 Å². The first kappa shape index (κ1) is 30.5. The van der Waals surface area contributed by atoms with Gasteiger partial charge in [-0.3, -0.25) is 28.8 Å². The summed E-state index contributed by atoms with van der Waals surface area (Å²) in [6.07, 6.45) is -0.372. The van der Waals surface area contributed by atoms with Crippen molar-refractivity contribution in [1.82, 2.24) is 21.3 Å². The molecule has 0 aromatic rings. The molecule has 0 aliphatic heterocycles. The molecule has 4 N–H and O–H groups in total. The third kappa shape index (κ3) is 22.8. The Hall–Kier alpha value is -3.18. The van der Waals surface area contributed by atoms with Gasteiger partial charge in [-0.15, -0.1) is 0 Å². The van der Waals surface area contributed by atoms with Crippen LogP contribution >= 0.6 is 0 Å². The summed E-state index contributed by atoms with van der Waals surface area (Å²) >= 11 is 0. The van der Waals surface area contributed by atoms with Gasteiger partial charge in [-0.05, 0) is 6.92 Å². The Kier molecular flexibility index (Phi) is 20.6. The van der Waals surface area contributed by atoms with E-state index < -0.39 is 12.0 Å². The van der Waals surface area contributed by atoms with E-state index in [1.807, 2.05) is 0 Å². The molecule has 0 saturated heterocycles. The van der Waals surface area contributed by atoms with E-state index in [4.69, 9.17) is 0 Å². The van der Waals surface area contributed by atoms with E-state index in [2.05, 4.69) is 30.7 Å². The summed E-state index contributed by atoms with van der Waals surface area (Å²) in [6.45, 7) is 6.72. The number of amides is 4. The van der Waals surface area contributed by atoms with Crippen molar-refractivity contribution in [3.63, 3.8) is 0 Å². The van der Waals surface area contributed by atoms with Crippen LogP contribution < -0.4 is 21.3 Å². The molecule has 2 atom stereocenters. The molecular formula is C17H32N4O8. The van der Waals surface area contributed by atoms with Crippen LogP contribution in [0.15, 0.2) is 0 Å². The molecule has 0 saturated carbocycles. The maximum absolute atomic E-state index is 11.2. The van der Waals surface area contributed by atoms with Gasteiger partial charge in [-0.25, -0.2) is 0 Å². The summed E-state index contributed by atoms with van der Waals surface area (Å²) in [5.74, 6) is -1.42. The number of ether oxygens (including phenoxy) is 2. The van der Waals surface area contributed by atoms with Crippen molar-refractivity contribution in [1.29, 1.82) is 0 Å². The predicted octanol–water partition coefficient (Wildman–Crippen LogP) is -1.21. The molecule has 0 spiro atoms. The first-order valence-corrected chi connectivity index (χ1v) is 8.31. The second-order valence-electron chi connectivity index (χ2n) is 5.54. The zero-order valence-corrected chi connectivity index (χ0v) is 16.4. The number of carbonyl (C=O) groups excluding carboxylic acids is 6. The summed E-state index contributed by atoms with van der Waals surface area (Å²) in [5, 5.41) is 9.70. The van der Waals surface area contributed by atoms with Crippen molar-refractivity contribution in [3.05, 3.63) is 0 Å². The fourth-order valence-electron chi connectivity index (χ4n) is 1.43. The molecule has 0 bridgehead atoms. The summed E-state index contributed by atoms with van der Waals surface area (Å²) in [5.41, 5.74) is 0. The van der Waals surface area contributed by atoms with Crippen LogP contribution in [0.3, 0.4) is 0 Å². The first-order valence-electron chi connectivity index (χ1n) is 8.31. The topological polar surface area (TPSA) is 169 Å². The van der Waals surface area contributed by atoms with Crippen LogP contribution in [0.2, 0.25) is 0 Å². The highest BCUT2D eigenvalue weighted by Gasteiger charge is 2.12. The third-order valence-electron chi connectivity index (χ3n) is 2.85. The number of nitrogens with one attached hydrogen (secondary N) is 4. The van der Waals surface area contributed by atoms with Gasteiger partial charge in [0.15, 0.2) is 0 Å². The summed E-state index contributed by atoms with van der Waals surface area (Å²) in [7, 11) is 0. The Labute approximate surface area is 170 Å². The van der Waals surface area contributed by atoms with Crippen LogP contribution in [0.1, 0.15) is 41.5 Å². The monoisotopic (exact) mass is 420 g/mol. The van der Waals surface area contributed by atoms with Crippen LogP contribution in [-0.4, -0.2) is 62.6 Å². The van der Waals surface area contributed by atoms with E-state index in [1.165, 1.54) is 13.8 Å². The standard InChI is InChI=1S/2C8H14N2O4.CH4/c1-6(3-14-5-11)8(13)10-4-9-7(2)12;1-6(14-5-11)3-8(13)10-4-9-7(2)12;/h2*5-6H,3-4H2,1-2H3,(H,9,12)(H,10,13);1H4. The lowest BCUT2D eigenvalue weighted by Gasteiger charge is -2.10. The summed E-state index contributed by atoms with van der Waals surface area (Å²) in [4.78, 5) is 62.8. The molecule has 12 heteroatoms.